The number of nitrogens with zero attached hydrogens (tertiary/aromatic N) is 1. The Bertz CT molecular complexity index is 307. The van der Waals surface area contributed by atoms with Crippen molar-refractivity contribution in [1.82, 2.24) is 0 Å². The number of thiol groups is 1. The summed E-state index contributed by atoms with van der Waals surface area (Å²) in [5.74, 6) is 0. The van der Waals surface area contributed by atoms with Gasteiger partial charge in [-0.1, -0.05) is 24.7 Å². The largest absolute Gasteiger partial charge is 0.267 e. The van der Waals surface area contributed by atoms with Gasteiger partial charge in [-0.2, -0.15) is 12.6 Å². The van der Waals surface area contributed by atoms with Crippen LogP contribution < -0.4 is 0 Å². The number of aliphatic imine (C=N–C) groups is 1. The lowest BCUT2D eigenvalue weighted by Gasteiger charge is -2.17. The topological polar surface area (TPSA) is 12.4 Å². The fraction of sp³-hybridized carbons (Fsp3) is 0.300. The molecule has 0 unspecified atom stereocenters. The first-order valence-corrected chi connectivity index (χ1v) is 4.59. The average molecular weight is 190 g/mol. The number of hydrogen-bond donors (Lipinski definition) is 1. The Morgan fingerprint density at radius 1 is 1.38 bits per heavy atom. The zero-order valence-corrected chi connectivity index (χ0v) is 8.94. The lowest BCUT2D eigenvalue weighted by molar-refractivity contribution is 0.973. The van der Waals surface area contributed by atoms with E-state index in [1.165, 1.54) is 0 Å². The molecule has 1 radical (unpaired) electrons. The molecule has 0 amide bonds. The summed E-state index contributed by atoms with van der Waals surface area (Å²) in [5.41, 5.74) is 2.86. The van der Waals surface area contributed by atoms with Gasteiger partial charge in [0.1, 0.15) is 0 Å². The molecule has 1 heterocycles. The van der Waals surface area contributed by atoms with Crippen molar-refractivity contribution in [3.05, 3.63) is 36.5 Å². The van der Waals surface area contributed by atoms with Crippen molar-refractivity contribution in [1.29, 1.82) is 0 Å². The zero-order valence-electron chi connectivity index (χ0n) is 8.04. The van der Waals surface area contributed by atoms with E-state index in [1.54, 1.807) is 12.2 Å². The molecule has 1 aliphatic heterocycles. The van der Waals surface area contributed by atoms with Crippen LogP contribution in [0.15, 0.2) is 41.5 Å². The van der Waals surface area contributed by atoms with E-state index in [0.717, 1.165) is 16.8 Å². The quantitative estimate of drug-likeness (QED) is 0.518. The van der Waals surface area contributed by atoms with Crippen molar-refractivity contribution in [3.8, 4) is 0 Å². The van der Waals surface area contributed by atoms with Crippen LogP contribution in [0.1, 0.15) is 13.8 Å². The third kappa shape index (κ3) is 2.16. The van der Waals surface area contributed by atoms with Gasteiger partial charge >= 0.3 is 0 Å². The predicted molar refractivity (Wildman–Crippen MR) is 63.7 cm³/mol. The molecule has 0 aromatic heterocycles. The summed E-state index contributed by atoms with van der Waals surface area (Å²) in [4.78, 5) is 4.41. The van der Waals surface area contributed by atoms with Gasteiger partial charge in [-0.05, 0) is 25.5 Å². The summed E-state index contributed by atoms with van der Waals surface area (Å²) >= 11 is 4.45. The van der Waals surface area contributed by atoms with Crippen LogP contribution in [0.2, 0.25) is 0 Å². The van der Waals surface area contributed by atoms with Gasteiger partial charge in [0, 0.05) is 4.75 Å². The summed E-state index contributed by atoms with van der Waals surface area (Å²) in [6, 6.07) is 0. The highest BCUT2D eigenvalue weighted by Crippen LogP contribution is 2.24. The molecule has 0 fully saturated rings. The normalized spacial score (nSPS) is 16.7. The van der Waals surface area contributed by atoms with Crippen LogP contribution in [0.25, 0.3) is 0 Å². The summed E-state index contributed by atoms with van der Waals surface area (Å²) in [6.07, 6.45) is 3.52. The van der Waals surface area contributed by atoms with Crippen molar-refractivity contribution in [2.45, 2.75) is 18.6 Å². The van der Waals surface area contributed by atoms with Gasteiger partial charge in [-0.25, -0.2) is 0 Å². The summed E-state index contributed by atoms with van der Waals surface area (Å²) in [7, 11) is 2.00. The number of allylic oxidation sites excluding steroid dienone is 3. The third-order valence-electron chi connectivity index (χ3n) is 1.87. The Morgan fingerprint density at radius 3 is 2.31 bits per heavy atom. The highest BCUT2D eigenvalue weighted by atomic mass is 32.1. The van der Waals surface area contributed by atoms with Crippen LogP contribution >= 0.6 is 12.6 Å². The molecule has 0 saturated carbocycles. The Balaban J connectivity index is 2.95. The van der Waals surface area contributed by atoms with Gasteiger partial charge in [-0.3, -0.25) is 4.99 Å². The van der Waals surface area contributed by atoms with Gasteiger partial charge in [0.05, 0.1) is 5.70 Å². The summed E-state index contributed by atoms with van der Waals surface area (Å²) in [6.45, 7) is 11.4. The average Bonchev–Trinajstić information content (AvgIpc) is 2.45. The van der Waals surface area contributed by atoms with Crippen LogP contribution in [0.4, 0.5) is 0 Å². The highest BCUT2D eigenvalue weighted by molar-refractivity contribution is 7.83. The van der Waals surface area contributed by atoms with Crippen molar-refractivity contribution >= 4 is 25.5 Å². The first-order chi connectivity index (χ1) is 5.99. The molecule has 67 valence electrons. The molecule has 0 aromatic carbocycles. The van der Waals surface area contributed by atoms with E-state index in [-0.39, 0.29) is 4.75 Å². The van der Waals surface area contributed by atoms with Crippen LogP contribution in [0, 0.1) is 0 Å². The zero-order chi connectivity index (χ0) is 10.1. The molecule has 0 spiro atoms. The maximum Gasteiger partial charge on any atom is 0.216 e. The van der Waals surface area contributed by atoms with E-state index < -0.39 is 0 Å². The van der Waals surface area contributed by atoms with Crippen LogP contribution in [0.3, 0.4) is 0 Å². The van der Waals surface area contributed by atoms with E-state index in [2.05, 4.69) is 30.8 Å². The van der Waals surface area contributed by atoms with E-state index >= 15 is 0 Å². The van der Waals surface area contributed by atoms with Crippen LogP contribution in [-0.2, 0) is 0 Å². The first kappa shape index (κ1) is 10.4. The number of rotatable bonds is 3. The molecular weight excluding hydrogens is 177 g/mol. The molecule has 0 atom stereocenters. The molecule has 1 rings (SSSR count). The minimum atomic E-state index is -0.209. The lowest BCUT2D eigenvalue weighted by Crippen LogP contribution is -2.28. The van der Waals surface area contributed by atoms with Crippen LogP contribution in [0.5, 0.6) is 0 Å². The van der Waals surface area contributed by atoms with Gasteiger partial charge in [0.15, 0.2) is 0 Å². The van der Waals surface area contributed by atoms with Crippen molar-refractivity contribution in [2.75, 3.05) is 0 Å². The fourth-order valence-corrected chi connectivity index (χ4v) is 1.20. The van der Waals surface area contributed by atoms with E-state index in [4.69, 9.17) is 0 Å². The maximum absolute atomic E-state index is 4.45. The van der Waals surface area contributed by atoms with E-state index in [9.17, 15) is 0 Å². The monoisotopic (exact) mass is 190 g/mol. The molecule has 0 saturated heterocycles. The van der Waals surface area contributed by atoms with Crippen molar-refractivity contribution in [2.24, 2.45) is 4.99 Å². The van der Waals surface area contributed by atoms with Crippen LogP contribution in [-0.4, -0.2) is 17.6 Å². The Kier molecular flexibility index (Phi) is 2.86. The maximum atomic E-state index is 4.45. The Hall–Kier alpha value is -0.695. The smallest absolute Gasteiger partial charge is 0.216 e. The number of hydrogen-bond acceptors (Lipinski definition) is 2. The van der Waals surface area contributed by atoms with E-state index in [1.807, 2.05) is 21.1 Å². The van der Waals surface area contributed by atoms with Gasteiger partial charge in [-0.15, -0.1) is 0 Å². The van der Waals surface area contributed by atoms with Gasteiger partial charge in [0.2, 0.25) is 7.28 Å². The minimum absolute atomic E-state index is 0.209. The van der Waals surface area contributed by atoms with Crippen molar-refractivity contribution < 1.29 is 0 Å². The molecule has 0 aromatic rings. The minimum Gasteiger partial charge on any atom is -0.267 e. The highest BCUT2D eigenvalue weighted by Gasteiger charge is 2.26. The van der Waals surface area contributed by atoms with E-state index in [0.29, 0.717) is 0 Å². The second kappa shape index (κ2) is 3.58. The SMILES string of the molecule is C=CC1=C(C=C)N=C(C(C)(C)S)[B]1. The standard InChI is InChI=1S/C10H13BNS/c1-5-7-8(6-2)12-9(11-7)10(3,4)13/h5-6,13H,1-2H2,3-4H3. The Morgan fingerprint density at radius 2 is 2.00 bits per heavy atom. The summed E-state index contributed by atoms with van der Waals surface area (Å²) < 4.78 is -0.209. The van der Waals surface area contributed by atoms with Gasteiger partial charge in [0.25, 0.3) is 0 Å². The molecule has 3 heteroatoms. The second-order valence-electron chi connectivity index (χ2n) is 3.45. The molecule has 1 aliphatic rings. The molecule has 0 bridgehead atoms. The molecular formula is C10H13BNS. The van der Waals surface area contributed by atoms with Crippen molar-refractivity contribution in [3.63, 3.8) is 0 Å². The second-order valence-corrected chi connectivity index (χ2v) is 4.57. The molecule has 0 aliphatic carbocycles. The molecule has 13 heavy (non-hydrogen) atoms. The van der Waals surface area contributed by atoms with Gasteiger partial charge < -0.3 is 0 Å². The molecule has 0 N–H and O–H groups in total. The first-order valence-electron chi connectivity index (χ1n) is 4.14. The predicted octanol–water partition coefficient (Wildman–Crippen LogP) is 2.39. The Labute approximate surface area is 86.0 Å². The molecule has 1 nitrogen and oxygen atoms in total. The lowest BCUT2D eigenvalue weighted by atomic mass is 9.62. The fourth-order valence-electron chi connectivity index (χ4n) is 1.09. The summed E-state index contributed by atoms with van der Waals surface area (Å²) in [5, 5.41) is 0. The third-order valence-corrected chi connectivity index (χ3v) is 2.10.